The SMILES string of the molecule is CC(C)(C)[C@H](NC(N)=O)C(=O)N1CCO[C@@H](c2ccco2)C1. The molecule has 1 aromatic rings. The highest BCUT2D eigenvalue weighted by Gasteiger charge is 2.37. The van der Waals surface area contributed by atoms with Crippen molar-refractivity contribution >= 4 is 11.9 Å². The molecule has 0 saturated carbocycles. The number of hydrogen-bond acceptors (Lipinski definition) is 4. The number of nitrogens with zero attached hydrogens (tertiary/aromatic N) is 1. The molecule has 7 heteroatoms. The molecule has 2 atom stereocenters. The zero-order chi connectivity index (χ0) is 16.3. The Labute approximate surface area is 129 Å². The standard InChI is InChI=1S/C15H23N3O4/c1-15(2,3)12(17-14(16)20)13(19)18-6-8-22-11(9-18)10-5-4-7-21-10/h4-5,7,11-12H,6,8-9H2,1-3H3,(H3,16,17,20)/t11-,12-/m1/s1. The van der Waals surface area contributed by atoms with E-state index in [-0.39, 0.29) is 12.0 Å². The van der Waals surface area contributed by atoms with Gasteiger partial charge in [0.25, 0.3) is 0 Å². The Morgan fingerprint density at radius 3 is 2.73 bits per heavy atom. The first-order valence-corrected chi connectivity index (χ1v) is 7.29. The molecule has 0 radical (unpaired) electrons. The Morgan fingerprint density at radius 2 is 2.18 bits per heavy atom. The van der Waals surface area contributed by atoms with Gasteiger partial charge in [0.2, 0.25) is 5.91 Å². The van der Waals surface area contributed by atoms with Crippen LogP contribution in [0, 0.1) is 5.41 Å². The third-order valence-electron chi connectivity index (χ3n) is 3.64. The van der Waals surface area contributed by atoms with Crippen LogP contribution >= 0.6 is 0 Å². The summed E-state index contributed by atoms with van der Waals surface area (Å²) in [5, 5.41) is 2.55. The molecule has 3 amide bonds. The summed E-state index contributed by atoms with van der Waals surface area (Å²) in [7, 11) is 0. The van der Waals surface area contributed by atoms with E-state index in [4.69, 9.17) is 14.9 Å². The summed E-state index contributed by atoms with van der Waals surface area (Å²) in [4.78, 5) is 25.6. The van der Waals surface area contributed by atoms with Gasteiger partial charge in [0.15, 0.2) is 0 Å². The third-order valence-corrected chi connectivity index (χ3v) is 3.64. The molecular weight excluding hydrogens is 286 g/mol. The maximum Gasteiger partial charge on any atom is 0.312 e. The van der Waals surface area contributed by atoms with E-state index in [0.29, 0.717) is 25.5 Å². The van der Waals surface area contributed by atoms with Crippen LogP contribution in [-0.2, 0) is 9.53 Å². The first kappa shape index (κ1) is 16.4. The first-order valence-electron chi connectivity index (χ1n) is 7.29. The number of ether oxygens (including phenoxy) is 1. The van der Waals surface area contributed by atoms with Crippen LogP contribution in [0.4, 0.5) is 4.79 Å². The minimum atomic E-state index is -0.705. The van der Waals surface area contributed by atoms with E-state index >= 15 is 0 Å². The highest BCUT2D eigenvalue weighted by Crippen LogP contribution is 2.26. The van der Waals surface area contributed by atoms with Crippen LogP contribution in [0.25, 0.3) is 0 Å². The molecule has 2 rings (SSSR count). The van der Waals surface area contributed by atoms with E-state index in [1.165, 1.54) is 0 Å². The van der Waals surface area contributed by atoms with Crippen LogP contribution < -0.4 is 11.1 Å². The Hall–Kier alpha value is -2.02. The van der Waals surface area contributed by atoms with E-state index in [9.17, 15) is 9.59 Å². The second-order valence-electron chi connectivity index (χ2n) is 6.47. The molecule has 0 bridgehead atoms. The molecule has 2 heterocycles. The van der Waals surface area contributed by atoms with Gasteiger partial charge in [-0.2, -0.15) is 0 Å². The summed E-state index contributed by atoms with van der Waals surface area (Å²) in [6.45, 7) is 6.94. The zero-order valence-corrected chi connectivity index (χ0v) is 13.2. The van der Waals surface area contributed by atoms with Gasteiger partial charge in [-0.1, -0.05) is 20.8 Å². The lowest BCUT2D eigenvalue weighted by atomic mass is 9.85. The molecule has 3 N–H and O–H groups in total. The fraction of sp³-hybridized carbons (Fsp3) is 0.600. The van der Waals surface area contributed by atoms with Gasteiger partial charge in [-0.05, 0) is 17.5 Å². The molecule has 0 aromatic carbocycles. The van der Waals surface area contributed by atoms with Gasteiger partial charge in [0, 0.05) is 6.54 Å². The van der Waals surface area contributed by atoms with Gasteiger partial charge in [-0.25, -0.2) is 4.79 Å². The molecule has 7 nitrogen and oxygen atoms in total. The number of amides is 3. The highest BCUT2D eigenvalue weighted by molar-refractivity contribution is 5.87. The van der Waals surface area contributed by atoms with Crippen LogP contribution in [0.3, 0.4) is 0 Å². The van der Waals surface area contributed by atoms with Crippen LogP contribution in [0.1, 0.15) is 32.6 Å². The fourth-order valence-electron chi connectivity index (χ4n) is 2.47. The van der Waals surface area contributed by atoms with Crippen LogP contribution in [0.5, 0.6) is 0 Å². The molecule has 1 saturated heterocycles. The van der Waals surface area contributed by atoms with Crippen LogP contribution in [-0.4, -0.2) is 42.6 Å². The Bertz CT molecular complexity index is 521. The summed E-state index contributed by atoms with van der Waals surface area (Å²) in [6, 6.07) is 2.22. The molecule has 1 fully saturated rings. The van der Waals surface area contributed by atoms with Crippen molar-refractivity contribution in [2.75, 3.05) is 19.7 Å². The maximum atomic E-state index is 12.8. The lowest BCUT2D eigenvalue weighted by Gasteiger charge is -2.38. The molecule has 122 valence electrons. The number of urea groups is 1. The predicted octanol–water partition coefficient (Wildman–Crippen LogP) is 1.26. The number of morpholine rings is 1. The number of hydrogen-bond donors (Lipinski definition) is 2. The van der Waals surface area contributed by atoms with Crippen molar-refractivity contribution in [2.24, 2.45) is 11.1 Å². The second kappa shape index (κ2) is 6.39. The van der Waals surface area contributed by atoms with Crippen LogP contribution in [0.2, 0.25) is 0 Å². The molecule has 1 aliphatic rings. The molecule has 1 aliphatic heterocycles. The molecular formula is C15H23N3O4. The lowest BCUT2D eigenvalue weighted by Crippen LogP contribution is -2.57. The Kier molecular flexibility index (Phi) is 4.75. The number of nitrogens with two attached hydrogens (primary N) is 1. The molecule has 1 aromatic heterocycles. The van der Waals surface area contributed by atoms with Crippen molar-refractivity contribution in [3.63, 3.8) is 0 Å². The molecule has 0 aliphatic carbocycles. The van der Waals surface area contributed by atoms with E-state index in [1.807, 2.05) is 26.8 Å². The Morgan fingerprint density at radius 1 is 1.45 bits per heavy atom. The number of nitrogens with one attached hydrogen (secondary N) is 1. The van der Waals surface area contributed by atoms with E-state index in [0.717, 1.165) is 0 Å². The van der Waals surface area contributed by atoms with Crippen molar-refractivity contribution in [3.05, 3.63) is 24.2 Å². The van der Waals surface area contributed by atoms with E-state index in [1.54, 1.807) is 17.2 Å². The van der Waals surface area contributed by atoms with Gasteiger partial charge in [0.05, 0.1) is 19.4 Å². The lowest BCUT2D eigenvalue weighted by molar-refractivity contribution is -0.144. The number of rotatable bonds is 3. The summed E-state index contributed by atoms with van der Waals surface area (Å²) in [5.41, 5.74) is 4.76. The van der Waals surface area contributed by atoms with Gasteiger partial charge in [-0.3, -0.25) is 4.79 Å². The summed E-state index contributed by atoms with van der Waals surface area (Å²) >= 11 is 0. The van der Waals surface area contributed by atoms with Crippen molar-refractivity contribution in [1.29, 1.82) is 0 Å². The monoisotopic (exact) mass is 309 g/mol. The van der Waals surface area contributed by atoms with Gasteiger partial charge in [0.1, 0.15) is 17.9 Å². The second-order valence-corrected chi connectivity index (χ2v) is 6.47. The van der Waals surface area contributed by atoms with Gasteiger partial charge in [-0.15, -0.1) is 0 Å². The van der Waals surface area contributed by atoms with Crippen molar-refractivity contribution in [3.8, 4) is 0 Å². The van der Waals surface area contributed by atoms with Crippen molar-refractivity contribution in [2.45, 2.75) is 32.9 Å². The number of carbonyl (C=O) groups is 2. The summed E-state index contributed by atoms with van der Waals surface area (Å²) in [5.74, 6) is 0.527. The van der Waals surface area contributed by atoms with Crippen molar-refractivity contribution in [1.82, 2.24) is 10.2 Å². The topological polar surface area (TPSA) is 97.8 Å². The minimum Gasteiger partial charge on any atom is -0.467 e. The smallest absolute Gasteiger partial charge is 0.312 e. The number of furan rings is 1. The normalized spacial score (nSPS) is 20.5. The van der Waals surface area contributed by atoms with Crippen molar-refractivity contribution < 1.29 is 18.7 Å². The van der Waals surface area contributed by atoms with Crippen LogP contribution in [0.15, 0.2) is 22.8 Å². The van der Waals surface area contributed by atoms with E-state index < -0.39 is 17.5 Å². The number of carbonyl (C=O) groups excluding carboxylic acids is 2. The first-order chi connectivity index (χ1) is 10.3. The quantitative estimate of drug-likeness (QED) is 0.878. The van der Waals surface area contributed by atoms with E-state index in [2.05, 4.69) is 5.32 Å². The predicted molar refractivity (Wildman–Crippen MR) is 79.9 cm³/mol. The maximum absolute atomic E-state index is 12.8. The Balaban J connectivity index is 2.11. The van der Waals surface area contributed by atoms with Gasteiger partial charge >= 0.3 is 6.03 Å². The highest BCUT2D eigenvalue weighted by atomic mass is 16.5. The minimum absolute atomic E-state index is 0.161. The van der Waals surface area contributed by atoms with Gasteiger partial charge < -0.3 is 25.1 Å². The molecule has 22 heavy (non-hydrogen) atoms. The fourth-order valence-corrected chi connectivity index (χ4v) is 2.47. The largest absolute Gasteiger partial charge is 0.467 e. The average Bonchev–Trinajstić information content (AvgIpc) is 2.97. The third kappa shape index (κ3) is 3.79. The summed E-state index contributed by atoms with van der Waals surface area (Å²) in [6.07, 6.45) is 1.29. The molecule has 0 spiro atoms. The zero-order valence-electron chi connectivity index (χ0n) is 13.2. The molecule has 0 unspecified atom stereocenters. The average molecular weight is 309 g/mol. The summed E-state index contributed by atoms with van der Waals surface area (Å²) < 4.78 is 11.0. The number of primary amides is 1.